The number of amides is 1. The molecule has 1 aromatic rings. The van der Waals surface area contributed by atoms with Crippen molar-refractivity contribution in [1.82, 2.24) is 4.90 Å². The molecule has 0 aliphatic carbocycles. The second-order valence-electron chi connectivity index (χ2n) is 4.11. The first-order valence-corrected chi connectivity index (χ1v) is 6.02. The van der Waals surface area contributed by atoms with Gasteiger partial charge in [0.2, 0.25) is 0 Å². The summed E-state index contributed by atoms with van der Waals surface area (Å²) >= 11 is 5.77. The van der Waals surface area contributed by atoms with E-state index in [1.807, 2.05) is 0 Å². The lowest BCUT2D eigenvalue weighted by Gasteiger charge is -2.23. The van der Waals surface area contributed by atoms with Crippen LogP contribution in [0.1, 0.15) is 23.2 Å². The summed E-state index contributed by atoms with van der Waals surface area (Å²) in [5.74, 6) is -0.725. The SMILES string of the molecule is O=C(c1cc(F)ccc1O)N1CCCC1CCl. The van der Waals surface area contributed by atoms with E-state index >= 15 is 0 Å². The fourth-order valence-corrected chi connectivity index (χ4v) is 2.42. The lowest BCUT2D eigenvalue weighted by atomic mass is 10.1. The number of hydrogen-bond donors (Lipinski definition) is 1. The Bertz CT molecular complexity index is 439. The number of alkyl halides is 1. The van der Waals surface area contributed by atoms with Gasteiger partial charge in [-0.2, -0.15) is 0 Å². The molecule has 2 rings (SSSR count). The van der Waals surface area contributed by atoms with Gasteiger partial charge in [0.05, 0.1) is 5.56 Å². The van der Waals surface area contributed by atoms with E-state index in [1.54, 1.807) is 4.90 Å². The maximum Gasteiger partial charge on any atom is 0.258 e. The van der Waals surface area contributed by atoms with Crippen molar-refractivity contribution in [3.8, 4) is 5.75 Å². The molecule has 1 aliphatic heterocycles. The van der Waals surface area contributed by atoms with E-state index < -0.39 is 5.82 Å². The second-order valence-corrected chi connectivity index (χ2v) is 4.42. The van der Waals surface area contributed by atoms with Gasteiger partial charge >= 0.3 is 0 Å². The Kier molecular flexibility index (Phi) is 3.52. The summed E-state index contributed by atoms with van der Waals surface area (Å²) < 4.78 is 13.1. The lowest BCUT2D eigenvalue weighted by Crippen LogP contribution is -2.36. The normalized spacial score (nSPS) is 19.6. The van der Waals surface area contributed by atoms with Crippen LogP contribution in [0.4, 0.5) is 4.39 Å². The molecule has 17 heavy (non-hydrogen) atoms. The molecule has 0 radical (unpaired) electrons. The standard InChI is InChI=1S/C12H13ClFNO2/c13-7-9-2-1-5-15(9)12(17)10-6-8(14)3-4-11(10)16/h3-4,6,9,16H,1-2,5,7H2. The van der Waals surface area contributed by atoms with E-state index in [4.69, 9.17) is 11.6 Å². The predicted molar refractivity (Wildman–Crippen MR) is 62.8 cm³/mol. The quantitative estimate of drug-likeness (QED) is 0.827. The average Bonchev–Trinajstić information content (AvgIpc) is 2.79. The zero-order valence-electron chi connectivity index (χ0n) is 9.20. The van der Waals surface area contributed by atoms with Gasteiger partial charge in [-0.1, -0.05) is 0 Å². The number of likely N-dealkylation sites (tertiary alicyclic amines) is 1. The zero-order chi connectivity index (χ0) is 12.4. The number of nitrogens with zero attached hydrogens (tertiary/aromatic N) is 1. The van der Waals surface area contributed by atoms with Crippen LogP contribution in [0, 0.1) is 5.82 Å². The smallest absolute Gasteiger partial charge is 0.258 e. The number of phenols is 1. The Morgan fingerprint density at radius 1 is 1.59 bits per heavy atom. The minimum atomic E-state index is -0.534. The molecule has 1 heterocycles. The highest BCUT2D eigenvalue weighted by molar-refractivity contribution is 6.18. The van der Waals surface area contributed by atoms with E-state index in [0.717, 1.165) is 25.0 Å². The Labute approximate surface area is 104 Å². The van der Waals surface area contributed by atoms with E-state index in [0.29, 0.717) is 12.4 Å². The molecule has 1 atom stereocenters. The number of carbonyl (C=O) groups excluding carboxylic acids is 1. The van der Waals surface area contributed by atoms with Crippen molar-refractivity contribution >= 4 is 17.5 Å². The van der Waals surface area contributed by atoms with Gasteiger partial charge in [-0.25, -0.2) is 4.39 Å². The summed E-state index contributed by atoms with van der Waals surface area (Å²) in [6.07, 6.45) is 1.74. The summed E-state index contributed by atoms with van der Waals surface area (Å²) in [6.45, 7) is 0.603. The summed E-state index contributed by atoms with van der Waals surface area (Å²) in [5.41, 5.74) is 0.00187. The Morgan fingerprint density at radius 2 is 2.35 bits per heavy atom. The molecule has 1 unspecified atom stereocenters. The van der Waals surface area contributed by atoms with Crippen LogP contribution in [0.2, 0.25) is 0 Å². The number of rotatable bonds is 2. The molecular weight excluding hydrogens is 245 g/mol. The predicted octanol–water partition coefficient (Wildman–Crippen LogP) is 2.37. The molecule has 1 N–H and O–H groups in total. The first-order chi connectivity index (χ1) is 8.13. The molecule has 1 fully saturated rings. The molecule has 0 saturated carbocycles. The summed E-state index contributed by atoms with van der Waals surface area (Å²) in [6, 6.07) is 3.34. The van der Waals surface area contributed by atoms with Gasteiger partial charge in [-0.05, 0) is 31.0 Å². The van der Waals surface area contributed by atoms with Gasteiger partial charge in [-0.3, -0.25) is 4.79 Å². The van der Waals surface area contributed by atoms with Crippen molar-refractivity contribution in [2.45, 2.75) is 18.9 Å². The maximum atomic E-state index is 13.1. The molecule has 1 saturated heterocycles. The number of halogens is 2. The highest BCUT2D eigenvalue weighted by Crippen LogP contribution is 2.25. The highest BCUT2D eigenvalue weighted by Gasteiger charge is 2.30. The molecule has 0 bridgehead atoms. The highest BCUT2D eigenvalue weighted by atomic mass is 35.5. The van der Waals surface area contributed by atoms with Crippen molar-refractivity contribution in [3.05, 3.63) is 29.6 Å². The van der Waals surface area contributed by atoms with E-state index in [9.17, 15) is 14.3 Å². The molecule has 92 valence electrons. The average molecular weight is 258 g/mol. The fourth-order valence-electron chi connectivity index (χ4n) is 2.10. The molecule has 1 aromatic carbocycles. The molecular formula is C12H13ClFNO2. The first-order valence-electron chi connectivity index (χ1n) is 5.49. The van der Waals surface area contributed by atoms with Crippen LogP contribution >= 0.6 is 11.6 Å². The number of hydrogen-bond acceptors (Lipinski definition) is 2. The van der Waals surface area contributed by atoms with Gasteiger partial charge in [0.15, 0.2) is 0 Å². The van der Waals surface area contributed by atoms with Crippen LogP contribution < -0.4 is 0 Å². The fraction of sp³-hybridized carbons (Fsp3) is 0.417. The molecule has 0 aromatic heterocycles. The Morgan fingerprint density at radius 3 is 3.06 bits per heavy atom. The van der Waals surface area contributed by atoms with Crippen LogP contribution in [0.5, 0.6) is 5.75 Å². The summed E-state index contributed by atoms with van der Waals surface area (Å²) in [5, 5.41) is 9.58. The maximum absolute atomic E-state index is 13.1. The third-order valence-electron chi connectivity index (χ3n) is 3.01. The molecule has 5 heteroatoms. The van der Waals surface area contributed by atoms with Gasteiger partial charge in [0.25, 0.3) is 5.91 Å². The number of phenolic OH excluding ortho intramolecular Hbond substituents is 1. The van der Waals surface area contributed by atoms with E-state index in [2.05, 4.69) is 0 Å². The van der Waals surface area contributed by atoms with Gasteiger partial charge < -0.3 is 10.0 Å². The van der Waals surface area contributed by atoms with Crippen molar-refractivity contribution in [2.24, 2.45) is 0 Å². The minimum absolute atomic E-state index is 0.00187. The van der Waals surface area contributed by atoms with Crippen molar-refractivity contribution in [2.75, 3.05) is 12.4 Å². The van der Waals surface area contributed by atoms with Crippen LogP contribution in [0.3, 0.4) is 0 Å². The Balaban J connectivity index is 2.27. The third kappa shape index (κ3) is 2.36. The lowest BCUT2D eigenvalue weighted by molar-refractivity contribution is 0.0745. The van der Waals surface area contributed by atoms with Crippen molar-refractivity contribution in [3.63, 3.8) is 0 Å². The van der Waals surface area contributed by atoms with Crippen LogP contribution in [-0.4, -0.2) is 34.4 Å². The van der Waals surface area contributed by atoms with Crippen LogP contribution in [0.25, 0.3) is 0 Å². The summed E-state index contributed by atoms with van der Waals surface area (Å²) in [4.78, 5) is 13.7. The van der Waals surface area contributed by atoms with Gasteiger partial charge in [0.1, 0.15) is 11.6 Å². The van der Waals surface area contributed by atoms with E-state index in [1.165, 1.54) is 6.07 Å². The Hall–Kier alpha value is -1.29. The minimum Gasteiger partial charge on any atom is -0.507 e. The summed E-state index contributed by atoms with van der Waals surface area (Å²) in [7, 11) is 0. The van der Waals surface area contributed by atoms with Gasteiger partial charge in [-0.15, -0.1) is 11.6 Å². The van der Waals surface area contributed by atoms with Crippen LogP contribution in [0.15, 0.2) is 18.2 Å². The first kappa shape index (κ1) is 12.2. The number of aromatic hydroxyl groups is 1. The van der Waals surface area contributed by atoms with Gasteiger partial charge in [0, 0.05) is 18.5 Å². The monoisotopic (exact) mass is 257 g/mol. The largest absolute Gasteiger partial charge is 0.507 e. The molecule has 0 spiro atoms. The molecule has 1 aliphatic rings. The van der Waals surface area contributed by atoms with E-state index in [-0.39, 0.29) is 23.3 Å². The second kappa shape index (κ2) is 4.92. The van der Waals surface area contributed by atoms with Crippen molar-refractivity contribution in [1.29, 1.82) is 0 Å². The topological polar surface area (TPSA) is 40.5 Å². The van der Waals surface area contributed by atoms with Crippen molar-refractivity contribution < 1.29 is 14.3 Å². The third-order valence-corrected chi connectivity index (χ3v) is 3.36. The molecule has 3 nitrogen and oxygen atoms in total. The zero-order valence-corrected chi connectivity index (χ0v) is 9.95. The number of carbonyl (C=O) groups is 1. The number of benzene rings is 1. The molecule has 1 amide bonds. The van der Waals surface area contributed by atoms with Crippen LogP contribution in [-0.2, 0) is 0 Å².